The summed E-state index contributed by atoms with van der Waals surface area (Å²) in [6, 6.07) is 0. The SMILES string of the molecule is CCN(Cc1nc(C(C)C)no1)C(=O)C(C)(C)N1CCOCC1. The first-order chi connectivity index (χ1) is 10.9. The standard InChI is InChI=1S/C16H28N4O3/c1-6-19(11-13-17-14(12(2)3)18-23-13)15(21)16(4,5)20-7-9-22-10-8-20/h12H,6-11H2,1-5H3. The smallest absolute Gasteiger partial charge is 0.246 e. The molecule has 130 valence electrons. The average Bonchev–Trinajstić information content (AvgIpc) is 3.01. The van der Waals surface area contributed by atoms with Crippen molar-refractivity contribution in [2.75, 3.05) is 32.8 Å². The van der Waals surface area contributed by atoms with Crippen molar-refractivity contribution < 1.29 is 14.1 Å². The Morgan fingerprint density at radius 1 is 1.35 bits per heavy atom. The van der Waals surface area contributed by atoms with Crippen LogP contribution in [0.25, 0.3) is 0 Å². The molecular formula is C16H28N4O3. The highest BCUT2D eigenvalue weighted by Crippen LogP contribution is 2.21. The van der Waals surface area contributed by atoms with E-state index in [1.54, 1.807) is 4.90 Å². The number of aromatic nitrogens is 2. The molecule has 0 spiro atoms. The van der Waals surface area contributed by atoms with Gasteiger partial charge in [-0.25, -0.2) is 0 Å². The number of hydrogen-bond donors (Lipinski definition) is 0. The van der Waals surface area contributed by atoms with E-state index < -0.39 is 5.54 Å². The van der Waals surface area contributed by atoms with Gasteiger partial charge in [-0.15, -0.1) is 0 Å². The third-order valence-electron chi connectivity index (χ3n) is 4.32. The molecule has 1 aliphatic rings. The fraction of sp³-hybridized carbons (Fsp3) is 0.812. The van der Waals surface area contributed by atoms with Crippen LogP contribution in [-0.4, -0.2) is 64.2 Å². The Kier molecular flexibility index (Phi) is 5.75. The van der Waals surface area contributed by atoms with E-state index >= 15 is 0 Å². The van der Waals surface area contributed by atoms with E-state index in [1.165, 1.54) is 0 Å². The number of hydrogen-bond acceptors (Lipinski definition) is 6. The predicted molar refractivity (Wildman–Crippen MR) is 85.9 cm³/mol. The van der Waals surface area contributed by atoms with Crippen LogP contribution in [0.3, 0.4) is 0 Å². The zero-order valence-electron chi connectivity index (χ0n) is 14.8. The summed E-state index contributed by atoms with van der Waals surface area (Å²) in [6.45, 7) is 13.8. The van der Waals surface area contributed by atoms with Crippen LogP contribution in [0.5, 0.6) is 0 Å². The molecule has 1 fully saturated rings. The molecule has 0 saturated carbocycles. The molecular weight excluding hydrogens is 296 g/mol. The maximum atomic E-state index is 13.0. The summed E-state index contributed by atoms with van der Waals surface area (Å²) in [5, 5.41) is 3.96. The Labute approximate surface area is 138 Å². The fourth-order valence-electron chi connectivity index (χ4n) is 2.70. The highest BCUT2D eigenvalue weighted by molar-refractivity contribution is 5.85. The van der Waals surface area contributed by atoms with Crippen LogP contribution < -0.4 is 0 Å². The van der Waals surface area contributed by atoms with Crippen molar-refractivity contribution in [1.82, 2.24) is 19.9 Å². The molecule has 0 aliphatic carbocycles. The number of morpholine rings is 1. The molecule has 0 N–H and O–H groups in total. The maximum absolute atomic E-state index is 13.0. The van der Waals surface area contributed by atoms with Crippen molar-refractivity contribution >= 4 is 5.91 Å². The minimum Gasteiger partial charge on any atom is -0.379 e. The van der Waals surface area contributed by atoms with E-state index in [1.807, 2.05) is 34.6 Å². The zero-order valence-corrected chi connectivity index (χ0v) is 14.8. The van der Waals surface area contributed by atoms with Gasteiger partial charge < -0.3 is 14.2 Å². The van der Waals surface area contributed by atoms with E-state index in [4.69, 9.17) is 9.26 Å². The number of amides is 1. The first kappa shape index (κ1) is 17.9. The lowest BCUT2D eigenvalue weighted by Crippen LogP contribution is -2.58. The third-order valence-corrected chi connectivity index (χ3v) is 4.32. The second-order valence-corrected chi connectivity index (χ2v) is 6.68. The molecule has 2 heterocycles. The van der Waals surface area contributed by atoms with E-state index in [0.29, 0.717) is 38.0 Å². The van der Waals surface area contributed by atoms with Crippen LogP contribution in [0, 0.1) is 0 Å². The van der Waals surface area contributed by atoms with Gasteiger partial charge in [-0.1, -0.05) is 19.0 Å². The summed E-state index contributed by atoms with van der Waals surface area (Å²) in [7, 11) is 0. The van der Waals surface area contributed by atoms with E-state index in [-0.39, 0.29) is 11.8 Å². The normalized spacial score (nSPS) is 16.8. The minimum atomic E-state index is -0.569. The maximum Gasteiger partial charge on any atom is 0.246 e. The lowest BCUT2D eigenvalue weighted by molar-refractivity contribution is -0.146. The molecule has 7 nitrogen and oxygen atoms in total. The summed E-state index contributed by atoms with van der Waals surface area (Å²) in [4.78, 5) is 21.3. The second kappa shape index (κ2) is 7.40. The molecule has 0 aromatic carbocycles. The number of nitrogens with zero attached hydrogens (tertiary/aromatic N) is 4. The quantitative estimate of drug-likeness (QED) is 0.792. The molecule has 0 atom stereocenters. The van der Waals surface area contributed by atoms with Gasteiger partial charge in [0, 0.05) is 25.6 Å². The van der Waals surface area contributed by atoms with Gasteiger partial charge in [0.1, 0.15) is 6.54 Å². The summed E-state index contributed by atoms with van der Waals surface area (Å²) >= 11 is 0. The number of carbonyl (C=O) groups excluding carboxylic acids is 1. The Hall–Kier alpha value is -1.47. The van der Waals surface area contributed by atoms with Crippen molar-refractivity contribution in [3.8, 4) is 0 Å². The topological polar surface area (TPSA) is 71.7 Å². The monoisotopic (exact) mass is 324 g/mol. The van der Waals surface area contributed by atoms with Crippen molar-refractivity contribution in [3.63, 3.8) is 0 Å². The Morgan fingerprint density at radius 3 is 2.52 bits per heavy atom. The summed E-state index contributed by atoms with van der Waals surface area (Å²) in [5.41, 5.74) is -0.569. The highest BCUT2D eigenvalue weighted by atomic mass is 16.5. The number of carbonyl (C=O) groups is 1. The average molecular weight is 324 g/mol. The first-order valence-corrected chi connectivity index (χ1v) is 8.31. The zero-order chi connectivity index (χ0) is 17.0. The van der Waals surface area contributed by atoms with Gasteiger partial charge in [0.2, 0.25) is 11.8 Å². The molecule has 1 aromatic heterocycles. The molecule has 1 aromatic rings. The van der Waals surface area contributed by atoms with Crippen LogP contribution in [0.2, 0.25) is 0 Å². The van der Waals surface area contributed by atoms with Crippen molar-refractivity contribution in [3.05, 3.63) is 11.7 Å². The fourth-order valence-corrected chi connectivity index (χ4v) is 2.70. The lowest BCUT2D eigenvalue weighted by Gasteiger charge is -2.41. The first-order valence-electron chi connectivity index (χ1n) is 8.31. The van der Waals surface area contributed by atoms with Crippen LogP contribution in [0.15, 0.2) is 4.52 Å². The number of rotatable bonds is 6. The van der Waals surface area contributed by atoms with Gasteiger partial charge in [0.15, 0.2) is 5.82 Å². The summed E-state index contributed by atoms with van der Waals surface area (Å²) in [6.07, 6.45) is 0. The van der Waals surface area contributed by atoms with Crippen LogP contribution in [0.4, 0.5) is 0 Å². The van der Waals surface area contributed by atoms with Crippen LogP contribution in [0.1, 0.15) is 52.3 Å². The summed E-state index contributed by atoms with van der Waals surface area (Å²) in [5.74, 6) is 1.45. The van der Waals surface area contributed by atoms with Gasteiger partial charge in [0.05, 0.1) is 18.8 Å². The Bertz CT molecular complexity index is 521. The molecule has 0 unspecified atom stereocenters. The molecule has 1 amide bonds. The largest absolute Gasteiger partial charge is 0.379 e. The summed E-state index contributed by atoms with van der Waals surface area (Å²) < 4.78 is 10.7. The van der Waals surface area contributed by atoms with Crippen molar-refractivity contribution in [2.45, 2.75) is 52.6 Å². The molecule has 1 saturated heterocycles. The Balaban J connectivity index is 2.07. The molecule has 2 rings (SSSR count). The van der Waals surface area contributed by atoms with E-state index in [2.05, 4.69) is 15.0 Å². The third kappa shape index (κ3) is 4.09. The molecule has 1 aliphatic heterocycles. The van der Waals surface area contributed by atoms with E-state index in [0.717, 1.165) is 13.1 Å². The van der Waals surface area contributed by atoms with Gasteiger partial charge in [-0.3, -0.25) is 9.69 Å². The van der Waals surface area contributed by atoms with Crippen molar-refractivity contribution in [1.29, 1.82) is 0 Å². The second-order valence-electron chi connectivity index (χ2n) is 6.68. The van der Waals surface area contributed by atoms with Crippen LogP contribution in [-0.2, 0) is 16.1 Å². The molecule has 7 heteroatoms. The number of ether oxygens (including phenoxy) is 1. The lowest BCUT2D eigenvalue weighted by atomic mass is 10.00. The van der Waals surface area contributed by atoms with Crippen molar-refractivity contribution in [2.24, 2.45) is 0 Å². The van der Waals surface area contributed by atoms with Gasteiger partial charge in [0.25, 0.3) is 0 Å². The van der Waals surface area contributed by atoms with Gasteiger partial charge in [-0.2, -0.15) is 4.98 Å². The van der Waals surface area contributed by atoms with Gasteiger partial charge >= 0.3 is 0 Å². The highest BCUT2D eigenvalue weighted by Gasteiger charge is 2.38. The Morgan fingerprint density at radius 2 is 2.00 bits per heavy atom. The predicted octanol–water partition coefficient (Wildman–Crippen LogP) is 1.65. The number of likely N-dealkylation sites (N-methyl/N-ethyl adjacent to an activating group) is 1. The molecule has 0 bridgehead atoms. The van der Waals surface area contributed by atoms with Gasteiger partial charge in [-0.05, 0) is 20.8 Å². The van der Waals surface area contributed by atoms with Crippen LogP contribution >= 0.6 is 0 Å². The molecule has 23 heavy (non-hydrogen) atoms. The van der Waals surface area contributed by atoms with E-state index in [9.17, 15) is 4.79 Å². The minimum absolute atomic E-state index is 0.0752. The molecule has 0 radical (unpaired) electrons.